The average Bonchev–Trinajstić information content (AvgIpc) is 3.15. The average molecular weight is 469 g/mol. The first kappa shape index (κ1) is 23.1. The number of thiazole rings is 1. The van der Waals surface area contributed by atoms with Crippen molar-refractivity contribution in [2.75, 3.05) is 17.2 Å². The molecular weight excluding hydrogens is 454 g/mol. The molecule has 32 heavy (non-hydrogen) atoms. The number of amides is 2. The van der Waals surface area contributed by atoms with Gasteiger partial charge in [0.2, 0.25) is 5.88 Å². The van der Waals surface area contributed by atoms with Crippen molar-refractivity contribution in [3.63, 3.8) is 0 Å². The van der Waals surface area contributed by atoms with E-state index in [0.29, 0.717) is 15.4 Å². The molecule has 0 fully saturated rings. The van der Waals surface area contributed by atoms with E-state index in [0.717, 1.165) is 18.5 Å². The maximum Gasteiger partial charge on any atom is 0.422 e. The fraction of sp³-hybridized carbons (Fsp3) is 0.211. The van der Waals surface area contributed by atoms with Gasteiger partial charge in [0.05, 0.1) is 29.2 Å². The topological polar surface area (TPSA) is 106 Å². The van der Waals surface area contributed by atoms with Gasteiger partial charge in [0.1, 0.15) is 10.7 Å². The Hall–Kier alpha value is -3.61. The standard InChI is InChI=1S/C19H15F4N5O3S/c1-9-3-12(20)11(4-13(9)27-18(30)14-5-24-10(2)32-14)17(29)28-15-6-26-16(7-25-15)31-8-19(21,22)23/h3-7H,8H2,1-2H3,(H,27,30)(H,25,28,29). The van der Waals surface area contributed by atoms with E-state index in [2.05, 4.69) is 30.3 Å². The van der Waals surface area contributed by atoms with E-state index in [9.17, 15) is 27.2 Å². The number of nitrogens with zero attached hydrogens (tertiary/aromatic N) is 3. The summed E-state index contributed by atoms with van der Waals surface area (Å²) < 4.78 is 55.3. The van der Waals surface area contributed by atoms with Crippen LogP contribution in [0.3, 0.4) is 0 Å². The predicted molar refractivity (Wildman–Crippen MR) is 107 cm³/mol. The molecule has 0 saturated carbocycles. The molecule has 2 N–H and O–H groups in total. The van der Waals surface area contributed by atoms with Gasteiger partial charge >= 0.3 is 6.18 Å². The Morgan fingerprint density at radius 1 is 1.03 bits per heavy atom. The summed E-state index contributed by atoms with van der Waals surface area (Å²) in [6.45, 7) is 1.76. The van der Waals surface area contributed by atoms with Gasteiger partial charge in [-0.05, 0) is 31.5 Å². The fourth-order valence-electron chi connectivity index (χ4n) is 2.43. The summed E-state index contributed by atoms with van der Waals surface area (Å²) in [4.78, 5) is 36.5. The minimum Gasteiger partial charge on any atom is -0.467 e. The Morgan fingerprint density at radius 3 is 2.38 bits per heavy atom. The number of alkyl halides is 3. The summed E-state index contributed by atoms with van der Waals surface area (Å²) in [5.74, 6) is -2.74. The van der Waals surface area contributed by atoms with Crippen LogP contribution in [0.5, 0.6) is 5.88 Å². The Kier molecular flexibility index (Phi) is 6.67. The molecule has 13 heteroatoms. The lowest BCUT2D eigenvalue weighted by molar-refractivity contribution is -0.154. The van der Waals surface area contributed by atoms with E-state index in [4.69, 9.17) is 0 Å². The number of hydrogen-bond donors (Lipinski definition) is 2. The van der Waals surface area contributed by atoms with Crippen molar-refractivity contribution in [1.82, 2.24) is 15.0 Å². The Bertz CT molecular complexity index is 1150. The summed E-state index contributed by atoms with van der Waals surface area (Å²) in [6.07, 6.45) is -1.29. The lowest BCUT2D eigenvalue weighted by Crippen LogP contribution is -2.20. The molecule has 0 aliphatic carbocycles. The van der Waals surface area contributed by atoms with Gasteiger partial charge in [-0.3, -0.25) is 9.59 Å². The van der Waals surface area contributed by atoms with Crippen LogP contribution in [0.25, 0.3) is 0 Å². The van der Waals surface area contributed by atoms with Crippen molar-refractivity contribution in [2.45, 2.75) is 20.0 Å². The minimum absolute atomic E-state index is 0.139. The highest BCUT2D eigenvalue weighted by Gasteiger charge is 2.28. The van der Waals surface area contributed by atoms with Crippen molar-refractivity contribution in [3.05, 3.63) is 57.6 Å². The van der Waals surface area contributed by atoms with E-state index in [-0.39, 0.29) is 17.1 Å². The quantitative estimate of drug-likeness (QED) is 0.526. The smallest absolute Gasteiger partial charge is 0.422 e. The van der Waals surface area contributed by atoms with Crippen molar-refractivity contribution in [3.8, 4) is 5.88 Å². The van der Waals surface area contributed by atoms with Crippen LogP contribution >= 0.6 is 11.3 Å². The van der Waals surface area contributed by atoms with E-state index < -0.39 is 36.3 Å². The number of ether oxygens (including phenoxy) is 1. The molecule has 0 aliphatic rings. The summed E-state index contributed by atoms with van der Waals surface area (Å²) >= 11 is 1.18. The van der Waals surface area contributed by atoms with Gasteiger partial charge < -0.3 is 15.4 Å². The first-order chi connectivity index (χ1) is 15.0. The molecule has 0 radical (unpaired) electrons. The third-order valence-corrected chi connectivity index (χ3v) is 4.82. The summed E-state index contributed by atoms with van der Waals surface area (Å²) in [5.41, 5.74) is 0.222. The molecule has 0 bridgehead atoms. The van der Waals surface area contributed by atoms with E-state index in [1.807, 2.05) is 0 Å². The number of carbonyl (C=O) groups excluding carboxylic acids is 2. The van der Waals surface area contributed by atoms with Gasteiger partial charge in [-0.2, -0.15) is 13.2 Å². The third kappa shape index (κ3) is 5.97. The number of halogens is 4. The number of anilines is 2. The van der Waals surface area contributed by atoms with Crippen molar-refractivity contribution >= 4 is 34.7 Å². The second kappa shape index (κ2) is 9.26. The first-order valence-corrected chi connectivity index (χ1v) is 9.70. The SMILES string of the molecule is Cc1ncc(C(=O)Nc2cc(C(=O)Nc3cnc(OCC(F)(F)F)cn3)c(F)cc2C)s1. The third-order valence-electron chi connectivity index (χ3n) is 3.91. The van der Waals surface area contributed by atoms with Gasteiger partial charge in [0.25, 0.3) is 11.8 Å². The van der Waals surface area contributed by atoms with Gasteiger partial charge in [0, 0.05) is 5.69 Å². The zero-order valence-corrected chi connectivity index (χ0v) is 17.4. The highest BCUT2D eigenvalue weighted by Crippen LogP contribution is 2.23. The van der Waals surface area contributed by atoms with Crippen LogP contribution in [0.2, 0.25) is 0 Å². The Labute approximate surface area is 182 Å². The Balaban J connectivity index is 1.72. The maximum absolute atomic E-state index is 14.4. The number of hydrogen-bond acceptors (Lipinski definition) is 7. The van der Waals surface area contributed by atoms with Crippen molar-refractivity contribution in [2.24, 2.45) is 0 Å². The minimum atomic E-state index is -4.54. The van der Waals surface area contributed by atoms with Crippen LogP contribution in [-0.2, 0) is 0 Å². The van der Waals surface area contributed by atoms with Crippen LogP contribution in [0.4, 0.5) is 29.1 Å². The molecule has 8 nitrogen and oxygen atoms in total. The molecule has 0 saturated heterocycles. The first-order valence-electron chi connectivity index (χ1n) is 8.88. The van der Waals surface area contributed by atoms with E-state index in [1.54, 1.807) is 13.8 Å². The van der Waals surface area contributed by atoms with Crippen LogP contribution < -0.4 is 15.4 Å². The van der Waals surface area contributed by atoms with Crippen LogP contribution in [-0.4, -0.2) is 39.5 Å². The highest BCUT2D eigenvalue weighted by molar-refractivity contribution is 7.13. The zero-order chi connectivity index (χ0) is 23.5. The predicted octanol–water partition coefficient (Wildman–Crippen LogP) is 4.13. The lowest BCUT2D eigenvalue weighted by atomic mass is 10.1. The van der Waals surface area contributed by atoms with Gasteiger partial charge in [-0.25, -0.2) is 19.3 Å². The normalized spacial score (nSPS) is 11.2. The lowest BCUT2D eigenvalue weighted by Gasteiger charge is -2.12. The molecule has 3 aromatic rings. The number of aromatic nitrogens is 3. The number of benzene rings is 1. The van der Waals surface area contributed by atoms with Gasteiger partial charge in [-0.1, -0.05) is 0 Å². The molecule has 0 atom stereocenters. The van der Waals surface area contributed by atoms with E-state index >= 15 is 0 Å². The monoisotopic (exact) mass is 469 g/mol. The molecule has 168 valence electrons. The molecule has 2 amide bonds. The molecule has 0 unspecified atom stereocenters. The highest BCUT2D eigenvalue weighted by atomic mass is 32.1. The number of nitrogens with one attached hydrogen (secondary N) is 2. The van der Waals surface area contributed by atoms with Crippen LogP contribution in [0.1, 0.15) is 30.6 Å². The van der Waals surface area contributed by atoms with Crippen LogP contribution in [0, 0.1) is 19.7 Å². The van der Waals surface area contributed by atoms with Crippen LogP contribution in [0.15, 0.2) is 30.7 Å². The van der Waals surface area contributed by atoms with Gasteiger partial charge in [0.15, 0.2) is 12.4 Å². The van der Waals surface area contributed by atoms with Crippen molar-refractivity contribution < 1.29 is 31.9 Å². The largest absolute Gasteiger partial charge is 0.467 e. The molecule has 0 aliphatic heterocycles. The summed E-state index contributed by atoms with van der Waals surface area (Å²) in [5, 5.41) is 5.59. The maximum atomic E-state index is 14.4. The molecule has 3 rings (SSSR count). The second-order valence-electron chi connectivity index (χ2n) is 6.44. The molecular formula is C19H15F4N5O3S. The molecule has 2 aromatic heterocycles. The number of rotatable bonds is 6. The molecule has 0 spiro atoms. The molecule has 2 heterocycles. The van der Waals surface area contributed by atoms with Gasteiger partial charge in [-0.15, -0.1) is 11.3 Å². The Morgan fingerprint density at radius 2 is 1.78 bits per heavy atom. The number of carbonyl (C=O) groups is 2. The fourth-order valence-corrected chi connectivity index (χ4v) is 3.10. The van der Waals surface area contributed by atoms with E-state index in [1.165, 1.54) is 23.6 Å². The van der Waals surface area contributed by atoms with Crippen molar-refractivity contribution in [1.29, 1.82) is 0 Å². The summed E-state index contributed by atoms with van der Waals surface area (Å²) in [6, 6.07) is 2.25. The number of aryl methyl sites for hydroxylation is 2. The molecule has 1 aromatic carbocycles. The summed E-state index contributed by atoms with van der Waals surface area (Å²) in [7, 11) is 0. The zero-order valence-electron chi connectivity index (χ0n) is 16.6. The second-order valence-corrected chi connectivity index (χ2v) is 7.68.